The van der Waals surface area contributed by atoms with Crippen molar-refractivity contribution in [2.24, 2.45) is 0 Å². The van der Waals surface area contributed by atoms with E-state index in [1.54, 1.807) is 32.2 Å². The first-order valence-electron chi connectivity index (χ1n) is 6.26. The first kappa shape index (κ1) is 16.0. The second kappa shape index (κ2) is 6.57. The summed E-state index contributed by atoms with van der Waals surface area (Å²) in [7, 11) is -1.95. The molecule has 0 bridgehead atoms. The van der Waals surface area contributed by atoms with Crippen LogP contribution in [0, 0.1) is 6.92 Å². The van der Waals surface area contributed by atoms with Crippen LogP contribution in [0.5, 0.6) is 0 Å². The highest BCUT2D eigenvalue weighted by Crippen LogP contribution is 2.22. The van der Waals surface area contributed by atoms with Crippen LogP contribution >= 0.6 is 11.6 Å². The van der Waals surface area contributed by atoms with Crippen LogP contribution in [0.4, 0.5) is 0 Å². The lowest BCUT2D eigenvalue weighted by molar-refractivity contribution is 0.463. The molecule has 0 saturated carbocycles. The van der Waals surface area contributed by atoms with Crippen molar-refractivity contribution in [2.75, 3.05) is 7.05 Å². The summed E-state index contributed by atoms with van der Waals surface area (Å²) in [5.41, 5.74) is 0.828. The number of hydrogen-bond acceptors (Lipinski definition) is 5. The summed E-state index contributed by atoms with van der Waals surface area (Å²) in [6.07, 6.45) is 1.53. The molecule has 2 N–H and O–H groups in total. The van der Waals surface area contributed by atoms with Crippen LogP contribution in [0.1, 0.15) is 17.2 Å². The van der Waals surface area contributed by atoms with E-state index in [-0.39, 0.29) is 16.5 Å². The number of halogens is 1. The monoisotopic (exact) mass is 329 g/mol. The number of aryl methyl sites for hydroxylation is 1. The lowest BCUT2D eigenvalue weighted by Gasteiger charge is -2.09. The summed E-state index contributed by atoms with van der Waals surface area (Å²) >= 11 is 5.99. The van der Waals surface area contributed by atoms with Gasteiger partial charge >= 0.3 is 0 Å². The molecule has 0 radical (unpaired) electrons. The number of nitrogens with zero attached hydrogens (tertiary/aromatic N) is 1. The highest BCUT2D eigenvalue weighted by Gasteiger charge is 2.19. The molecule has 1 aromatic heterocycles. The average molecular weight is 330 g/mol. The van der Waals surface area contributed by atoms with E-state index in [2.05, 4.69) is 15.0 Å². The Morgan fingerprint density at radius 2 is 2.10 bits per heavy atom. The van der Waals surface area contributed by atoms with E-state index in [1.165, 1.54) is 6.20 Å². The maximum atomic E-state index is 12.3. The molecule has 2 rings (SSSR count). The largest absolute Gasteiger partial charge is 0.445 e. The van der Waals surface area contributed by atoms with E-state index < -0.39 is 10.0 Å². The molecule has 0 aliphatic rings. The Balaban J connectivity index is 2.20. The molecule has 0 unspecified atom stereocenters. The van der Waals surface area contributed by atoms with E-state index in [4.69, 9.17) is 16.0 Å². The molecular formula is C13H16ClN3O3S. The van der Waals surface area contributed by atoms with Gasteiger partial charge in [-0.2, -0.15) is 0 Å². The second-order valence-corrected chi connectivity index (χ2v) is 6.63. The molecule has 6 nitrogen and oxygen atoms in total. The van der Waals surface area contributed by atoms with Crippen LogP contribution in [0.2, 0.25) is 5.02 Å². The average Bonchev–Trinajstić information content (AvgIpc) is 2.85. The zero-order chi connectivity index (χ0) is 15.5. The lowest BCUT2D eigenvalue weighted by Crippen LogP contribution is -2.24. The molecule has 0 fully saturated rings. The van der Waals surface area contributed by atoms with Crippen LogP contribution in [0.15, 0.2) is 33.7 Å². The Morgan fingerprint density at radius 3 is 2.71 bits per heavy atom. The van der Waals surface area contributed by atoms with Gasteiger partial charge < -0.3 is 9.73 Å². The van der Waals surface area contributed by atoms with E-state index in [1.807, 2.05) is 0 Å². The van der Waals surface area contributed by atoms with Gasteiger partial charge in [0.25, 0.3) is 0 Å². The predicted octanol–water partition coefficient (Wildman–Crippen LogP) is 1.83. The van der Waals surface area contributed by atoms with Gasteiger partial charge in [-0.25, -0.2) is 18.1 Å². The molecule has 1 aromatic carbocycles. The van der Waals surface area contributed by atoms with Crippen LogP contribution in [-0.4, -0.2) is 20.4 Å². The Labute approximate surface area is 128 Å². The van der Waals surface area contributed by atoms with Crippen LogP contribution in [0.3, 0.4) is 0 Å². The molecule has 0 aliphatic carbocycles. The predicted molar refractivity (Wildman–Crippen MR) is 79.5 cm³/mol. The maximum Gasteiger partial charge on any atom is 0.242 e. The van der Waals surface area contributed by atoms with Crippen molar-refractivity contribution in [1.82, 2.24) is 15.0 Å². The minimum absolute atomic E-state index is 0.0250. The molecule has 114 valence electrons. The first-order chi connectivity index (χ1) is 9.92. The van der Waals surface area contributed by atoms with Gasteiger partial charge in [0.1, 0.15) is 10.7 Å². The summed E-state index contributed by atoms with van der Waals surface area (Å²) in [5, 5.41) is 3.13. The Morgan fingerprint density at radius 1 is 1.33 bits per heavy atom. The summed E-state index contributed by atoms with van der Waals surface area (Å²) in [4.78, 5) is 3.99. The maximum absolute atomic E-state index is 12.3. The molecule has 21 heavy (non-hydrogen) atoms. The molecule has 0 aliphatic heterocycles. The van der Waals surface area contributed by atoms with E-state index in [0.717, 1.165) is 5.56 Å². The smallest absolute Gasteiger partial charge is 0.242 e. The zero-order valence-electron chi connectivity index (χ0n) is 11.7. The molecular weight excluding hydrogens is 314 g/mol. The van der Waals surface area contributed by atoms with Gasteiger partial charge in [0.05, 0.1) is 17.8 Å². The summed E-state index contributed by atoms with van der Waals surface area (Å²) in [5.74, 6) is 0.928. The zero-order valence-corrected chi connectivity index (χ0v) is 13.3. The van der Waals surface area contributed by atoms with Gasteiger partial charge in [-0.05, 0) is 31.7 Å². The minimum atomic E-state index is -3.73. The molecule has 0 saturated heterocycles. The normalized spacial score (nSPS) is 11.8. The fourth-order valence-corrected chi connectivity index (χ4v) is 3.31. The molecule has 1 heterocycles. The lowest BCUT2D eigenvalue weighted by atomic mass is 10.2. The summed E-state index contributed by atoms with van der Waals surface area (Å²) < 4.78 is 32.3. The van der Waals surface area contributed by atoms with Gasteiger partial charge in [0.15, 0.2) is 0 Å². The van der Waals surface area contributed by atoms with Gasteiger partial charge in [0, 0.05) is 6.54 Å². The van der Waals surface area contributed by atoms with Crippen molar-refractivity contribution in [3.8, 4) is 0 Å². The molecule has 8 heteroatoms. The number of aromatic nitrogens is 1. The third-order valence-corrected chi connectivity index (χ3v) is 4.63. The number of oxazole rings is 1. The van der Waals surface area contributed by atoms with E-state index in [0.29, 0.717) is 18.2 Å². The molecule has 2 aromatic rings. The van der Waals surface area contributed by atoms with Gasteiger partial charge in [-0.1, -0.05) is 17.7 Å². The first-order valence-corrected chi connectivity index (χ1v) is 8.12. The SMILES string of the molecule is CNCc1ccc(Cl)c(S(=O)(=O)NCc2ncc(C)o2)c1. The van der Waals surface area contributed by atoms with Crippen LogP contribution in [0.25, 0.3) is 0 Å². The van der Waals surface area contributed by atoms with Crippen LogP contribution in [-0.2, 0) is 23.1 Å². The third kappa shape index (κ3) is 4.04. The number of hydrogen-bond donors (Lipinski definition) is 2. The highest BCUT2D eigenvalue weighted by atomic mass is 35.5. The quantitative estimate of drug-likeness (QED) is 0.844. The number of rotatable bonds is 6. The summed E-state index contributed by atoms with van der Waals surface area (Å²) in [6, 6.07) is 4.88. The Hall–Kier alpha value is -1.41. The van der Waals surface area contributed by atoms with Gasteiger partial charge in [-0.15, -0.1) is 0 Å². The Kier molecular flexibility index (Phi) is 5.00. The van der Waals surface area contributed by atoms with Gasteiger partial charge in [-0.3, -0.25) is 0 Å². The highest BCUT2D eigenvalue weighted by molar-refractivity contribution is 7.89. The Bertz CT molecular complexity index is 728. The number of sulfonamides is 1. The van der Waals surface area contributed by atoms with Crippen molar-refractivity contribution < 1.29 is 12.8 Å². The van der Waals surface area contributed by atoms with Crippen molar-refractivity contribution in [3.63, 3.8) is 0 Å². The van der Waals surface area contributed by atoms with Crippen molar-refractivity contribution in [3.05, 3.63) is 46.6 Å². The second-order valence-electron chi connectivity index (χ2n) is 4.48. The van der Waals surface area contributed by atoms with Crippen molar-refractivity contribution >= 4 is 21.6 Å². The van der Waals surface area contributed by atoms with Crippen molar-refractivity contribution in [1.29, 1.82) is 0 Å². The molecule has 0 amide bonds. The fraction of sp³-hybridized carbons (Fsp3) is 0.308. The molecule has 0 atom stereocenters. The van der Waals surface area contributed by atoms with Gasteiger partial charge in [0.2, 0.25) is 15.9 Å². The third-order valence-electron chi connectivity index (χ3n) is 2.75. The van der Waals surface area contributed by atoms with E-state index in [9.17, 15) is 8.42 Å². The summed E-state index contributed by atoms with van der Waals surface area (Å²) in [6.45, 7) is 2.27. The van der Waals surface area contributed by atoms with Crippen LogP contribution < -0.4 is 10.0 Å². The minimum Gasteiger partial charge on any atom is -0.445 e. The van der Waals surface area contributed by atoms with E-state index >= 15 is 0 Å². The number of benzene rings is 1. The standard InChI is InChI=1S/C13H16ClN3O3S/c1-9-6-16-13(20-9)8-17-21(18,19)12-5-10(7-15-2)3-4-11(12)14/h3-6,15,17H,7-8H2,1-2H3. The van der Waals surface area contributed by atoms with Crippen molar-refractivity contribution in [2.45, 2.75) is 24.9 Å². The topological polar surface area (TPSA) is 84.2 Å². The fourth-order valence-electron chi connectivity index (χ4n) is 1.79. The number of nitrogens with one attached hydrogen (secondary N) is 2. The molecule has 0 spiro atoms.